The number of nitrogens with one attached hydrogen (secondary N) is 1. The minimum absolute atomic E-state index is 0.111. The van der Waals surface area contributed by atoms with Gasteiger partial charge >= 0.3 is 0 Å². The molecule has 0 saturated carbocycles. The molecule has 8 heteroatoms. The molecule has 5 rings (SSSR count). The third kappa shape index (κ3) is 3.63. The van der Waals surface area contributed by atoms with Crippen molar-refractivity contribution in [2.24, 2.45) is 0 Å². The molecule has 0 spiro atoms. The van der Waals surface area contributed by atoms with E-state index in [1.54, 1.807) is 24.5 Å². The molecule has 2 unspecified atom stereocenters. The lowest BCUT2D eigenvalue weighted by Gasteiger charge is -2.22. The smallest absolute Gasteiger partial charge is 0.267 e. The van der Waals surface area contributed by atoms with Crippen LogP contribution in [-0.2, 0) is 17.6 Å². The Morgan fingerprint density at radius 1 is 1.10 bits per heavy atom. The summed E-state index contributed by atoms with van der Waals surface area (Å²) in [5.41, 5.74) is 3.78. The number of nitrogens with zero attached hydrogens (tertiary/aromatic N) is 5. The first-order valence-corrected chi connectivity index (χ1v) is 9.98. The van der Waals surface area contributed by atoms with Gasteiger partial charge in [0.2, 0.25) is 0 Å². The quantitative estimate of drug-likeness (QED) is 0.728. The molecule has 1 saturated heterocycles. The van der Waals surface area contributed by atoms with Crippen LogP contribution < -0.4 is 10.9 Å². The third-order valence-corrected chi connectivity index (χ3v) is 5.55. The van der Waals surface area contributed by atoms with E-state index in [-0.39, 0.29) is 17.6 Å². The molecule has 1 N–H and O–H groups in total. The maximum Gasteiger partial charge on any atom is 0.267 e. The number of fused-ring (bicyclic) bond motifs is 1. The van der Waals surface area contributed by atoms with Crippen LogP contribution in [0.15, 0.2) is 47.5 Å². The van der Waals surface area contributed by atoms with Crippen molar-refractivity contribution >= 4 is 5.82 Å². The third-order valence-electron chi connectivity index (χ3n) is 5.55. The molecule has 0 bridgehead atoms. The van der Waals surface area contributed by atoms with E-state index in [1.807, 2.05) is 12.1 Å². The summed E-state index contributed by atoms with van der Waals surface area (Å²) < 4.78 is 7.20. The maximum absolute atomic E-state index is 12.6. The van der Waals surface area contributed by atoms with Crippen molar-refractivity contribution < 1.29 is 4.74 Å². The number of hydrogen-bond acceptors (Lipinski definition) is 7. The summed E-state index contributed by atoms with van der Waals surface area (Å²) >= 11 is 0. The van der Waals surface area contributed by atoms with E-state index in [2.05, 4.69) is 31.7 Å². The van der Waals surface area contributed by atoms with Crippen LogP contribution in [0.25, 0.3) is 11.3 Å². The number of rotatable bonds is 4. The standard InChI is InChI=1S/C21H22N6O2/c28-21-8-7-17(15-5-3-9-22-11-15)26-27(21)19-13-29-12-18(19)23-20-10-14-4-1-2-6-16(14)24-25-20/h3,5,7-11,18-19H,1-2,4,6,12-13H2,(H,23,25). The molecule has 8 nitrogen and oxygen atoms in total. The molecule has 1 fully saturated rings. The monoisotopic (exact) mass is 390 g/mol. The molecular formula is C21H22N6O2. The minimum atomic E-state index is -0.225. The lowest BCUT2D eigenvalue weighted by Crippen LogP contribution is -2.37. The van der Waals surface area contributed by atoms with Gasteiger partial charge in [0, 0.05) is 24.0 Å². The molecule has 3 aromatic heterocycles. The van der Waals surface area contributed by atoms with Gasteiger partial charge in [-0.1, -0.05) is 0 Å². The van der Waals surface area contributed by atoms with E-state index in [1.165, 1.54) is 23.1 Å². The topological polar surface area (TPSA) is 94.8 Å². The van der Waals surface area contributed by atoms with Gasteiger partial charge < -0.3 is 10.1 Å². The van der Waals surface area contributed by atoms with Crippen LogP contribution in [0.5, 0.6) is 0 Å². The predicted octanol–water partition coefficient (Wildman–Crippen LogP) is 2.03. The molecule has 0 amide bonds. The van der Waals surface area contributed by atoms with Crippen molar-refractivity contribution in [3.8, 4) is 11.3 Å². The summed E-state index contributed by atoms with van der Waals surface area (Å²) in [6.07, 6.45) is 7.85. The number of aryl methyl sites for hydroxylation is 2. The van der Waals surface area contributed by atoms with E-state index in [9.17, 15) is 4.79 Å². The molecule has 148 valence electrons. The zero-order valence-electron chi connectivity index (χ0n) is 16.0. The van der Waals surface area contributed by atoms with E-state index in [0.717, 1.165) is 29.9 Å². The van der Waals surface area contributed by atoms with Crippen LogP contribution in [0, 0.1) is 0 Å². The molecule has 2 aliphatic rings. The van der Waals surface area contributed by atoms with Gasteiger partial charge in [-0.2, -0.15) is 10.2 Å². The van der Waals surface area contributed by atoms with Gasteiger partial charge in [-0.15, -0.1) is 5.10 Å². The lowest BCUT2D eigenvalue weighted by atomic mass is 9.97. The van der Waals surface area contributed by atoms with E-state index >= 15 is 0 Å². The second kappa shape index (κ2) is 7.71. The molecular weight excluding hydrogens is 368 g/mol. The molecule has 0 radical (unpaired) electrons. The minimum Gasteiger partial charge on any atom is -0.377 e. The van der Waals surface area contributed by atoms with Crippen molar-refractivity contribution in [3.05, 3.63) is 64.3 Å². The zero-order chi connectivity index (χ0) is 19.6. The molecule has 2 atom stereocenters. The second-order valence-electron chi connectivity index (χ2n) is 7.51. The molecule has 1 aliphatic heterocycles. The zero-order valence-corrected chi connectivity index (χ0v) is 16.0. The predicted molar refractivity (Wildman–Crippen MR) is 108 cm³/mol. The summed E-state index contributed by atoms with van der Waals surface area (Å²) in [5, 5.41) is 16.7. The van der Waals surface area contributed by atoms with Crippen molar-refractivity contribution in [1.82, 2.24) is 25.0 Å². The van der Waals surface area contributed by atoms with Crippen LogP contribution in [0.3, 0.4) is 0 Å². The Hall–Kier alpha value is -3.13. The number of pyridine rings is 1. The molecule has 0 aromatic carbocycles. The first-order valence-electron chi connectivity index (χ1n) is 9.98. The normalized spacial score (nSPS) is 21.0. The van der Waals surface area contributed by atoms with E-state index in [4.69, 9.17) is 4.74 Å². The largest absolute Gasteiger partial charge is 0.377 e. The summed E-state index contributed by atoms with van der Waals surface area (Å²) in [6.45, 7) is 0.897. The maximum atomic E-state index is 12.6. The Morgan fingerprint density at radius 2 is 2.03 bits per heavy atom. The van der Waals surface area contributed by atoms with Gasteiger partial charge in [-0.05, 0) is 55.5 Å². The van der Waals surface area contributed by atoms with Crippen molar-refractivity contribution in [2.75, 3.05) is 18.5 Å². The summed E-state index contributed by atoms with van der Waals surface area (Å²) in [4.78, 5) is 16.7. The Labute approximate surface area is 168 Å². The van der Waals surface area contributed by atoms with Crippen molar-refractivity contribution in [1.29, 1.82) is 0 Å². The highest BCUT2D eigenvalue weighted by Crippen LogP contribution is 2.25. The Kier molecular flexibility index (Phi) is 4.77. The summed E-state index contributed by atoms with van der Waals surface area (Å²) in [6, 6.07) is 8.79. The fourth-order valence-electron chi connectivity index (χ4n) is 4.00. The van der Waals surface area contributed by atoms with Crippen LogP contribution >= 0.6 is 0 Å². The first-order chi connectivity index (χ1) is 14.3. The Bertz CT molecular complexity index is 1070. The fourth-order valence-corrected chi connectivity index (χ4v) is 4.00. The van der Waals surface area contributed by atoms with Crippen LogP contribution in [0.1, 0.15) is 30.1 Å². The van der Waals surface area contributed by atoms with Crippen LogP contribution in [0.4, 0.5) is 5.82 Å². The first kappa shape index (κ1) is 17.9. The van der Waals surface area contributed by atoms with Gasteiger partial charge in [0.1, 0.15) is 11.9 Å². The van der Waals surface area contributed by atoms with E-state index < -0.39 is 0 Å². The van der Waals surface area contributed by atoms with Gasteiger partial charge in [-0.25, -0.2) is 4.68 Å². The summed E-state index contributed by atoms with van der Waals surface area (Å²) in [7, 11) is 0. The van der Waals surface area contributed by atoms with Crippen molar-refractivity contribution in [2.45, 2.75) is 37.8 Å². The SMILES string of the molecule is O=c1ccc(-c2cccnc2)nn1C1COCC1Nc1cc2c(nn1)CCCC2. The Morgan fingerprint density at radius 3 is 2.93 bits per heavy atom. The highest BCUT2D eigenvalue weighted by atomic mass is 16.5. The fraction of sp³-hybridized carbons (Fsp3) is 0.381. The van der Waals surface area contributed by atoms with E-state index in [0.29, 0.717) is 18.9 Å². The Balaban J connectivity index is 1.42. The van der Waals surface area contributed by atoms with Crippen LogP contribution in [0.2, 0.25) is 0 Å². The van der Waals surface area contributed by atoms with Crippen molar-refractivity contribution in [3.63, 3.8) is 0 Å². The lowest BCUT2D eigenvalue weighted by molar-refractivity contribution is 0.183. The number of hydrogen-bond donors (Lipinski definition) is 1. The van der Waals surface area contributed by atoms with Gasteiger partial charge in [0.15, 0.2) is 0 Å². The summed E-state index contributed by atoms with van der Waals surface area (Å²) in [5.74, 6) is 0.725. The van der Waals surface area contributed by atoms with Gasteiger partial charge in [0.25, 0.3) is 5.56 Å². The second-order valence-corrected chi connectivity index (χ2v) is 7.51. The number of anilines is 1. The van der Waals surface area contributed by atoms with Crippen LogP contribution in [-0.4, -0.2) is 44.2 Å². The average molecular weight is 390 g/mol. The number of aromatic nitrogens is 5. The molecule has 29 heavy (non-hydrogen) atoms. The average Bonchev–Trinajstić information content (AvgIpc) is 3.22. The van der Waals surface area contributed by atoms with Gasteiger partial charge in [-0.3, -0.25) is 9.78 Å². The molecule has 1 aliphatic carbocycles. The number of ether oxygens (including phenoxy) is 1. The highest BCUT2D eigenvalue weighted by Gasteiger charge is 2.32. The highest BCUT2D eigenvalue weighted by molar-refractivity contribution is 5.56. The van der Waals surface area contributed by atoms with Gasteiger partial charge in [0.05, 0.1) is 30.6 Å². The molecule has 4 heterocycles. The molecule has 3 aromatic rings.